The molecule has 0 spiro atoms. The third kappa shape index (κ3) is 3.16. The summed E-state index contributed by atoms with van der Waals surface area (Å²) in [5.41, 5.74) is -0.118. The first kappa shape index (κ1) is 24.6. The van der Waals surface area contributed by atoms with Crippen LogP contribution in [0.4, 0.5) is 0 Å². The molecular weight excluding hydrogens is 408 g/mol. The van der Waals surface area contributed by atoms with Gasteiger partial charge in [-0.3, -0.25) is 0 Å². The zero-order valence-electron chi connectivity index (χ0n) is 22.6. The van der Waals surface area contributed by atoms with Gasteiger partial charge in [0.05, 0.1) is 17.8 Å². The smallest absolute Gasteiger partial charge is 0.0686 e. The van der Waals surface area contributed by atoms with Gasteiger partial charge in [-0.25, -0.2) is 0 Å². The van der Waals surface area contributed by atoms with Crippen molar-refractivity contribution in [3.05, 3.63) is 0 Å². The first-order valence-corrected chi connectivity index (χ1v) is 14.2. The predicted molar refractivity (Wildman–Crippen MR) is 134 cm³/mol. The fourth-order valence-electron chi connectivity index (χ4n) is 11.7. The molecule has 190 valence electrons. The summed E-state index contributed by atoms with van der Waals surface area (Å²) >= 11 is 0. The van der Waals surface area contributed by atoms with Crippen LogP contribution in [0, 0.1) is 50.7 Å². The Morgan fingerprint density at radius 3 is 1.52 bits per heavy atom. The summed E-state index contributed by atoms with van der Waals surface area (Å²) in [6, 6.07) is 0. The molecule has 3 heteroatoms. The molecule has 5 aliphatic carbocycles. The van der Waals surface area contributed by atoms with E-state index in [-0.39, 0.29) is 39.3 Å². The van der Waals surface area contributed by atoms with Crippen molar-refractivity contribution < 1.29 is 15.3 Å². The lowest BCUT2D eigenvalue weighted by atomic mass is 9.41. The van der Waals surface area contributed by atoms with E-state index in [1.54, 1.807) is 0 Å². The summed E-state index contributed by atoms with van der Waals surface area (Å²) in [5, 5.41) is 34.2. The second-order valence-electron chi connectivity index (χ2n) is 15.6. The summed E-state index contributed by atoms with van der Waals surface area (Å²) in [6.45, 7) is 16.7. The molecule has 0 bridgehead atoms. The van der Waals surface area contributed by atoms with Gasteiger partial charge in [0, 0.05) is 0 Å². The molecule has 0 amide bonds. The second-order valence-corrected chi connectivity index (χ2v) is 15.6. The number of hydrogen-bond donors (Lipinski definition) is 3. The van der Waals surface area contributed by atoms with Crippen molar-refractivity contribution in [2.24, 2.45) is 50.7 Å². The van der Waals surface area contributed by atoms with Gasteiger partial charge in [-0.1, -0.05) is 48.5 Å². The number of hydrogen-bond acceptors (Lipinski definition) is 3. The van der Waals surface area contributed by atoms with Crippen LogP contribution < -0.4 is 0 Å². The Morgan fingerprint density at radius 1 is 0.515 bits per heavy atom. The van der Waals surface area contributed by atoms with Crippen molar-refractivity contribution in [1.82, 2.24) is 0 Å². The lowest BCUT2D eigenvalue weighted by molar-refractivity contribution is -0.212. The maximum atomic E-state index is 12.4. The molecule has 0 aliphatic heterocycles. The first-order chi connectivity index (χ1) is 15.1. The van der Waals surface area contributed by atoms with Crippen molar-refractivity contribution >= 4 is 0 Å². The van der Waals surface area contributed by atoms with Gasteiger partial charge in [0.25, 0.3) is 0 Å². The molecule has 0 radical (unpaired) electrons. The number of aliphatic hydroxyl groups is 3. The average Bonchev–Trinajstić information content (AvgIpc) is 2.82. The summed E-state index contributed by atoms with van der Waals surface area (Å²) in [6.07, 6.45) is 11.2. The van der Waals surface area contributed by atoms with Gasteiger partial charge in [-0.2, -0.15) is 0 Å². The standard InChI is InChI=1S/C30H52O3/c1-25(2)19-10-14-27(5)18-30(33)17-11-20-26(3,4)24(32)13-16-29(20,7)22(30)9-8-21(27)28(19,6)15-12-23(25)31/h19-24,31-33H,8-18H2,1-7H3/t19?,20-,21?,22+,23-,24-,27-,28-,29-,30-/m0/s1. The number of fused-ring (bicyclic) bond motifs is 6. The van der Waals surface area contributed by atoms with Crippen molar-refractivity contribution in [2.75, 3.05) is 0 Å². The molecule has 2 unspecified atom stereocenters. The highest BCUT2D eigenvalue weighted by atomic mass is 16.3. The molecule has 5 saturated carbocycles. The van der Waals surface area contributed by atoms with Crippen LogP contribution in [0.5, 0.6) is 0 Å². The quantitative estimate of drug-likeness (QED) is 0.395. The van der Waals surface area contributed by atoms with Crippen molar-refractivity contribution in [3.63, 3.8) is 0 Å². The topological polar surface area (TPSA) is 60.7 Å². The third-order valence-electron chi connectivity index (χ3n) is 13.4. The van der Waals surface area contributed by atoms with E-state index in [4.69, 9.17) is 0 Å². The van der Waals surface area contributed by atoms with Crippen LogP contribution in [0.25, 0.3) is 0 Å². The van der Waals surface area contributed by atoms with Gasteiger partial charge < -0.3 is 15.3 Å². The molecule has 3 nitrogen and oxygen atoms in total. The Labute approximate surface area is 203 Å². The summed E-state index contributed by atoms with van der Waals surface area (Å²) in [5.74, 6) is 2.00. The normalized spacial score (nSPS) is 57.6. The Morgan fingerprint density at radius 2 is 0.970 bits per heavy atom. The highest BCUT2D eigenvalue weighted by Crippen LogP contribution is 2.71. The van der Waals surface area contributed by atoms with Gasteiger partial charge in [-0.15, -0.1) is 0 Å². The summed E-state index contributed by atoms with van der Waals surface area (Å²) in [7, 11) is 0. The zero-order chi connectivity index (χ0) is 24.2. The van der Waals surface area contributed by atoms with Crippen LogP contribution in [0.2, 0.25) is 0 Å². The molecule has 0 aromatic rings. The fourth-order valence-corrected chi connectivity index (χ4v) is 11.7. The minimum absolute atomic E-state index is 0.0229. The maximum absolute atomic E-state index is 12.4. The summed E-state index contributed by atoms with van der Waals surface area (Å²) in [4.78, 5) is 0. The van der Waals surface area contributed by atoms with Crippen LogP contribution in [0.1, 0.15) is 119 Å². The van der Waals surface area contributed by atoms with Crippen LogP contribution in [0.3, 0.4) is 0 Å². The minimum atomic E-state index is -0.569. The highest BCUT2D eigenvalue weighted by Gasteiger charge is 2.67. The van der Waals surface area contributed by atoms with E-state index in [1.807, 2.05) is 0 Å². The van der Waals surface area contributed by atoms with Crippen molar-refractivity contribution in [2.45, 2.75) is 137 Å². The minimum Gasteiger partial charge on any atom is -0.393 e. The van der Waals surface area contributed by atoms with Crippen molar-refractivity contribution in [3.8, 4) is 0 Å². The molecule has 3 N–H and O–H groups in total. The average molecular weight is 461 g/mol. The Bertz CT molecular complexity index is 725. The predicted octanol–water partition coefficient (Wildman–Crippen LogP) is 6.33. The fraction of sp³-hybridized carbons (Fsp3) is 1.00. The van der Waals surface area contributed by atoms with Crippen LogP contribution in [-0.4, -0.2) is 33.1 Å². The third-order valence-corrected chi connectivity index (χ3v) is 13.4. The molecule has 33 heavy (non-hydrogen) atoms. The number of rotatable bonds is 0. The van der Waals surface area contributed by atoms with E-state index in [0.29, 0.717) is 23.7 Å². The lowest BCUT2D eigenvalue weighted by Crippen LogP contribution is -2.62. The largest absolute Gasteiger partial charge is 0.393 e. The SMILES string of the molecule is CC1(C)C2CC[C@@]3(C)C[C@@]4(O)CC[C@H]5C(C)(C)[C@@H](O)CC[C@]5(C)[C@H]4CCC3[C@@]2(C)CC[C@@H]1O. The van der Waals surface area contributed by atoms with E-state index in [1.165, 1.54) is 19.3 Å². The van der Waals surface area contributed by atoms with Gasteiger partial charge in [0.1, 0.15) is 0 Å². The molecule has 5 rings (SSSR count). The zero-order valence-corrected chi connectivity index (χ0v) is 22.6. The summed E-state index contributed by atoms with van der Waals surface area (Å²) < 4.78 is 0. The Balaban J connectivity index is 1.52. The van der Waals surface area contributed by atoms with E-state index in [2.05, 4.69) is 48.5 Å². The first-order valence-electron chi connectivity index (χ1n) is 14.2. The van der Waals surface area contributed by atoms with E-state index in [9.17, 15) is 15.3 Å². The van der Waals surface area contributed by atoms with Crippen molar-refractivity contribution in [1.29, 1.82) is 0 Å². The molecule has 0 saturated heterocycles. The van der Waals surface area contributed by atoms with Gasteiger partial charge >= 0.3 is 0 Å². The van der Waals surface area contributed by atoms with Crippen LogP contribution >= 0.6 is 0 Å². The van der Waals surface area contributed by atoms with Gasteiger partial charge in [0.15, 0.2) is 0 Å². The Hall–Kier alpha value is -0.120. The Kier molecular flexibility index (Phi) is 5.38. The molecule has 0 aromatic carbocycles. The van der Waals surface area contributed by atoms with Crippen LogP contribution in [-0.2, 0) is 0 Å². The van der Waals surface area contributed by atoms with Crippen LogP contribution in [0.15, 0.2) is 0 Å². The van der Waals surface area contributed by atoms with E-state index < -0.39 is 5.60 Å². The van der Waals surface area contributed by atoms with Gasteiger partial charge in [0.2, 0.25) is 0 Å². The van der Waals surface area contributed by atoms with E-state index in [0.717, 1.165) is 51.4 Å². The molecule has 0 aromatic heterocycles. The molecule has 5 aliphatic rings. The lowest BCUT2D eigenvalue weighted by Gasteiger charge is -2.65. The number of aliphatic hydroxyl groups excluding tert-OH is 2. The highest BCUT2D eigenvalue weighted by molar-refractivity contribution is 5.16. The monoisotopic (exact) mass is 460 g/mol. The molecule has 5 fully saturated rings. The maximum Gasteiger partial charge on any atom is 0.0686 e. The van der Waals surface area contributed by atoms with Gasteiger partial charge in [-0.05, 0) is 121 Å². The second kappa shape index (κ2) is 7.22. The molecule has 0 heterocycles. The molecular formula is C30H52O3. The molecule has 10 atom stereocenters. The van der Waals surface area contributed by atoms with E-state index >= 15 is 0 Å².